The van der Waals surface area contributed by atoms with Gasteiger partial charge in [-0.25, -0.2) is 4.98 Å². The molecule has 2 aromatic rings. The van der Waals surface area contributed by atoms with Crippen molar-refractivity contribution in [1.82, 2.24) is 14.5 Å². The highest BCUT2D eigenvalue weighted by Gasteiger charge is 2.25. The number of nitrogens with zero attached hydrogens (tertiary/aromatic N) is 3. The third kappa shape index (κ3) is 2.67. The quantitative estimate of drug-likeness (QED) is 0.869. The van der Waals surface area contributed by atoms with Crippen molar-refractivity contribution < 1.29 is 4.79 Å². The molecule has 4 nitrogen and oxygen atoms in total. The van der Waals surface area contributed by atoms with Gasteiger partial charge < -0.3 is 9.47 Å². The molecule has 0 aliphatic carbocycles. The molecule has 21 heavy (non-hydrogen) atoms. The highest BCUT2D eigenvalue weighted by molar-refractivity contribution is 5.81. The van der Waals surface area contributed by atoms with Gasteiger partial charge in [-0.3, -0.25) is 4.79 Å². The van der Waals surface area contributed by atoms with E-state index in [4.69, 9.17) is 0 Å². The second-order valence-electron chi connectivity index (χ2n) is 5.88. The summed E-state index contributed by atoms with van der Waals surface area (Å²) in [5.41, 5.74) is 2.02. The number of carbonyl (C=O) groups excluding carboxylic acids is 1. The Hall–Kier alpha value is -1.84. The lowest BCUT2D eigenvalue weighted by Crippen LogP contribution is -2.44. The molecule has 1 saturated heterocycles. The molecule has 1 aliphatic heterocycles. The highest BCUT2D eigenvalue weighted by atomic mass is 16.2. The maximum atomic E-state index is 12.7. The normalized spacial score (nSPS) is 19.1. The SMILES string of the molecule is CCC1CCCCN1C(=O)Cn1c(C)nc2ccccc21. The van der Waals surface area contributed by atoms with Gasteiger partial charge in [0.15, 0.2) is 0 Å². The van der Waals surface area contributed by atoms with Crippen LogP contribution in [0.1, 0.15) is 38.4 Å². The molecule has 1 aromatic carbocycles. The van der Waals surface area contributed by atoms with E-state index in [2.05, 4.69) is 16.8 Å². The molecule has 0 bridgehead atoms. The Bertz CT molecular complexity index is 647. The van der Waals surface area contributed by atoms with E-state index >= 15 is 0 Å². The van der Waals surface area contributed by atoms with E-state index in [9.17, 15) is 4.79 Å². The fraction of sp³-hybridized carbons (Fsp3) is 0.529. The van der Waals surface area contributed by atoms with Gasteiger partial charge in [-0.05, 0) is 44.7 Å². The first-order chi connectivity index (χ1) is 10.2. The molecule has 1 aromatic heterocycles. The molecule has 3 rings (SSSR count). The van der Waals surface area contributed by atoms with Crippen LogP contribution in [0.5, 0.6) is 0 Å². The topological polar surface area (TPSA) is 38.1 Å². The second-order valence-corrected chi connectivity index (χ2v) is 5.88. The number of hydrogen-bond donors (Lipinski definition) is 0. The average molecular weight is 285 g/mol. The maximum absolute atomic E-state index is 12.7. The molecule has 112 valence electrons. The predicted molar refractivity (Wildman–Crippen MR) is 84.1 cm³/mol. The molecule has 1 amide bonds. The van der Waals surface area contributed by atoms with Crippen molar-refractivity contribution in [2.45, 2.75) is 52.1 Å². The van der Waals surface area contributed by atoms with Crippen molar-refractivity contribution in [1.29, 1.82) is 0 Å². The first kappa shape index (κ1) is 14.1. The first-order valence-electron chi connectivity index (χ1n) is 7.92. The van der Waals surface area contributed by atoms with Crippen LogP contribution >= 0.6 is 0 Å². The summed E-state index contributed by atoms with van der Waals surface area (Å²) in [5.74, 6) is 1.14. The van der Waals surface area contributed by atoms with E-state index < -0.39 is 0 Å². The standard InChI is InChI=1S/C17H23N3O/c1-3-14-8-6-7-11-19(14)17(21)12-20-13(2)18-15-9-4-5-10-16(15)20/h4-5,9-10,14H,3,6-8,11-12H2,1-2H3. The van der Waals surface area contributed by atoms with Crippen LogP contribution in [0.2, 0.25) is 0 Å². The van der Waals surface area contributed by atoms with Crippen LogP contribution in [-0.2, 0) is 11.3 Å². The van der Waals surface area contributed by atoms with Crippen LogP contribution in [0, 0.1) is 6.92 Å². The number of imidazole rings is 1. The third-order valence-electron chi connectivity index (χ3n) is 4.56. The number of rotatable bonds is 3. The van der Waals surface area contributed by atoms with E-state index in [0.717, 1.165) is 42.7 Å². The van der Waals surface area contributed by atoms with Crippen molar-refractivity contribution in [3.05, 3.63) is 30.1 Å². The Morgan fingerprint density at radius 2 is 2.14 bits per heavy atom. The smallest absolute Gasteiger partial charge is 0.242 e. The largest absolute Gasteiger partial charge is 0.338 e. The first-order valence-corrected chi connectivity index (χ1v) is 7.92. The predicted octanol–water partition coefficient (Wildman–Crippen LogP) is 3.14. The molecule has 1 fully saturated rings. The van der Waals surface area contributed by atoms with Crippen molar-refractivity contribution >= 4 is 16.9 Å². The summed E-state index contributed by atoms with van der Waals surface area (Å²) in [6.45, 7) is 5.46. The van der Waals surface area contributed by atoms with Crippen molar-refractivity contribution in [3.63, 3.8) is 0 Å². The molecule has 0 spiro atoms. The fourth-order valence-electron chi connectivity index (χ4n) is 3.37. The number of hydrogen-bond acceptors (Lipinski definition) is 2. The van der Waals surface area contributed by atoms with Gasteiger partial charge in [0.25, 0.3) is 0 Å². The zero-order valence-corrected chi connectivity index (χ0v) is 12.9. The van der Waals surface area contributed by atoms with E-state index in [0.29, 0.717) is 12.6 Å². The van der Waals surface area contributed by atoms with Gasteiger partial charge in [-0.2, -0.15) is 0 Å². The van der Waals surface area contributed by atoms with Gasteiger partial charge in [-0.1, -0.05) is 19.1 Å². The number of amides is 1. The minimum Gasteiger partial charge on any atom is -0.338 e. The second kappa shape index (κ2) is 5.88. The van der Waals surface area contributed by atoms with Crippen LogP contribution < -0.4 is 0 Å². The Labute approximate surface area is 125 Å². The van der Waals surface area contributed by atoms with Gasteiger partial charge >= 0.3 is 0 Å². The number of piperidine rings is 1. The van der Waals surface area contributed by atoms with E-state index in [1.807, 2.05) is 35.8 Å². The lowest BCUT2D eigenvalue weighted by Gasteiger charge is -2.35. The highest BCUT2D eigenvalue weighted by Crippen LogP contribution is 2.21. The Balaban J connectivity index is 1.84. The van der Waals surface area contributed by atoms with E-state index in [1.165, 1.54) is 6.42 Å². The zero-order chi connectivity index (χ0) is 14.8. The number of likely N-dealkylation sites (tertiary alicyclic amines) is 1. The van der Waals surface area contributed by atoms with Crippen molar-refractivity contribution in [3.8, 4) is 0 Å². The summed E-state index contributed by atoms with van der Waals surface area (Å²) in [6.07, 6.45) is 4.57. The van der Waals surface area contributed by atoms with Gasteiger partial charge in [0.1, 0.15) is 12.4 Å². The Kier molecular flexibility index (Phi) is 3.95. The average Bonchev–Trinajstić information content (AvgIpc) is 2.83. The van der Waals surface area contributed by atoms with E-state index in [-0.39, 0.29) is 5.91 Å². The molecule has 0 saturated carbocycles. The molecule has 4 heteroatoms. The fourth-order valence-corrected chi connectivity index (χ4v) is 3.37. The third-order valence-corrected chi connectivity index (χ3v) is 4.56. The number of fused-ring (bicyclic) bond motifs is 1. The van der Waals surface area contributed by atoms with Crippen LogP contribution in [0.4, 0.5) is 0 Å². The van der Waals surface area contributed by atoms with E-state index in [1.54, 1.807) is 0 Å². The molecule has 1 aliphatic rings. The van der Waals surface area contributed by atoms with Crippen LogP contribution in [0.25, 0.3) is 11.0 Å². The lowest BCUT2D eigenvalue weighted by atomic mass is 10.00. The van der Waals surface area contributed by atoms with Crippen LogP contribution in [-0.4, -0.2) is 32.9 Å². The summed E-state index contributed by atoms with van der Waals surface area (Å²) in [5, 5.41) is 0. The summed E-state index contributed by atoms with van der Waals surface area (Å²) < 4.78 is 2.04. The molecule has 2 heterocycles. The lowest BCUT2D eigenvalue weighted by molar-refractivity contribution is -0.135. The van der Waals surface area contributed by atoms with Crippen LogP contribution in [0.15, 0.2) is 24.3 Å². The number of aromatic nitrogens is 2. The monoisotopic (exact) mass is 285 g/mol. The summed E-state index contributed by atoms with van der Waals surface area (Å²) in [6, 6.07) is 8.44. The van der Waals surface area contributed by atoms with Gasteiger partial charge in [-0.15, -0.1) is 0 Å². The minimum absolute atomic E-state index is 0.229. The summed E-state index contributed by atoms with van der Waals surface area (Å²) in [7, 11) is 0. The van der Waals surface area contributed by atoms with Gasteiger partial charge in [0, 0.05) is 12.6 Å². The van der Waals surface area contributed by atoms with Gasteiger partial charge in [0.2, 0.25) is 5.91 Å². The molecule has 0 radical (unpaired) electrons. The molecular weight excluding hydrogens is 262 g/mol. The van der Waals surface area contributed by atoms with Crippen LogP contribution in [0.3, 0.4) is 0 Å². The molecule has 1 unspecified atom stereocenters. The minimum atomic E-state index is 0.229. The molecule has 0 N–H and O–H groups in total. The molecule has 1 atom stereocenters. The summed E-state index contributed by atoms with van der Waals surface area (Å²) in [4.78, 5) is 19.3. The van der Waals surface area contributed by atoms with Crippen molar-refractivity contribution in [2.75, 3.05) is 6.54 Å². The number of benzene rings is 1. The molecular formula is C17H23N3O. The van der Waals surface area contributed by atoms with Gasteiger partial charge in [0.05, 0.1) is 11.0 Å². The van der Waals surface area contributed by atoms with Crippen molar-refractivity contribution in [2.24, 2.45) is 0 Å². The Morgan fingerprint density at radius 3 is 2.95 bits per heavy atom. The Morgan fingerprint density at radius 1 is 1.33 bits per heavy atom. The number of para-hydroxylation sites is 2. The zero-order valence-electron chi connectivity index (χ0n) is 12.9. The summed E-state index contributed by atoms with van der Waals surface area (Å²) >= 11 is 0. The number of carbonyl (C=O) groups is 1. The number of aryl methyl sites for hydroxylation is 1. The maximum Gasteiger partial charge on any atom is 0.242 e.